The molecule has 2 aromatic rings. The van der Waals surface area contributed by atoms with Gasteiger partial charge in [0.25, 0.3) is 10.0 Å². The summed E-state index contributed by atoms with van der Waals surface area (Å²) < 4.78 is 35.7. The zero-order valence-electron chi connectivity index (χ0n) is 19.3. The van der Waals surface area contributed by atoms with Gasteiger partial charge in [-0.3, -0.25) is 9.40 Å². The van der Waals surface area contributed by atoms with E-state index in [1.165, 1.54) is 4.68 Å². The van der Waals surface area contributed by atoms with Crippen molar-refractivity contribution in [2.24, 2.45) is 7.05 Å². The first-order valence-electron chi connectivity index (χ1n) is 10.3. The van der Waals surface area contributed by atoms with E-state index in [1.54, 1.807) is 24.1 Å². The number of nitrogens with one attached hydrogen (secondary N) is 1. The molecule has 8 nitrogen and oxygen atoms in total. The van der Waals surface area contributed by atoms with Crippen LogP contribution in [0.5, 0.6) is 0 Å². The van der Waals surface area contributed by atoms with Gasteiger partial charge in [0, 0.05) is 25.6 Å². The van der Waals surface area contributed by atoms with Crippen LogP contribution >= 0.6 is 0 Å². The fourth-order valence-electron chi connectivity index (χ4n) is 3.43. The van der Waals surface area contributed by atoms with Crippen LogP contribution in [0.4, 0.5) is 10.6 Å². The SMILES string of the molecule is Cn1nc2c(c1NS(=O)(=O)c1ccc(C(C)(C)C)cc1)CN(C(=O)OC(C)(C)C)CC2. The lowest BCUT2D eigenvalue weighted by atomic mass is 9.87. The minimum atomic E-state index is -3.81. The fraction of sp³-hybridized carbons (Fsp3) is 0.545. The molecule has 0 fully saturated rings. The Morgan fingerprint density at radius 2 is 1.71 bits per heavy atom. The Morgan fingerprint density at radius 3 is 2.26 bits per heavy atom. The van der Waals surface area contributed by atoms with Gasteiger partial charge in [0.1, 0.15) is 11.4 Å². The number of amides is 1. The summed E-state index contributed by atoms with van der Waals surface area (Å²) in [5.41, 5.74) is 1.85. The Hall–Kier alpha value is -2.55. The van der Waals surface area contributed by atoms with Crippen LogP contribution in [0.25, 0.3) is 0 Å². The molecule has 0 radical (unpaired) electrons. The summed E-state index contributed by atoms with van der Waals surface area (Å²) in [6.45, 7) is 12.4. The first-order valence-corrected chi connectivity index (χ1v) is 11.8. The van der Waals surface area contributed by atoms with E-state index in [0.29, 0.717) is 24.3 Å². The van der Waals surface area contributed by atoms with Crippen molar-refractivity contribution in [3.8, 4) is 0 Å². The Morgan fingerprint density at radius 1 is 1.10 bits per heavy atom. The molecule has 0 atom stereocenters. The molecule has 31 heavy (non-hydrogen) atoms. The molecule has 0 spiro atoms. The Bertz CT molecular complexity index is 1070. The van der Waals surface area contributed by atoms with Crippen molar-refractivity contribution in [1.82, 2.24) is 14.7 Å². The molecule has 1 aliphatic heterocycles. The topological polar surface area (TPSA) is 93.5 Å². The van der Waals surface area contributed by atoms with Gasteiger partial charge in [0.05, 0.1) is 17.1 Å². The van der Waals surface area contributed by atoms with Crippen molar-refractivity contribution in [2.75, 3.05) is 11.3 Å². The number of aryl methyl sites for hydroxylation is 1. The number of fused-ring (bicyclic) bond motifs is 1. The number of aromatic nitrogens is 2. The normalized spacial score (nSPS) is 14.9. The molecule has 0 saturated carbocycles. The van der Waals surface area contributed by atoms with Crippen molar-refractivity contribution in [3.05, 3.63) is 41.1 Å². The van der Waals surface area contributed by atoms with E-state index in [2.05, 4.69) is 30.6 Å². The van der Waals surface area contributed by atoms with E-state index < -0.39 is 21.7 Å². The van der Waals surface area contributed by atoms with Crippen LogP contribution in [0.1, 0.15) is 58.4 Å². The molecule has 1 aromatic heterocycles. The molecule has 0 unspecified atom stereocenters. The van der Waals surface area contributed by atoms with E-state index >= 15 is 0 Å². The number of rotatable bonds is 3. The lowest BCUT2D eigenvalue weighted by Gasteiger charge is -2.30. The number of hydrogen-bond acceptors (Lipinski definition) is 5. The number of anilines is 1. The Kier molecular flexibility index (Phi) is 5.86. The first-order chi connectivity index (χ1) is 14.2. The molecule has 9 heteroatoms. The summed E-state index contributed by atoms with van der Waals surface area (Å²) in [6, 6.07) is 6.88. The quantitative estimate of drug-likeness (QED) is 0.771. The molecular weight excluding hydrogens is 416 g/mol. The van der Waals surface area contributed by atoms with Gasteiger partial charge in [-0.15, -0.1) is 0 Å². The average Bonchev–Trinajstić information content (AvgIpc) is 2.94. The molecule has 1 aromatic carbocycles. The summed E-state index contributed by atoms with van der Waals surface area (Å²) in [5.74, 6) is 0.364. The highest BCUT2D eigenvalue weighted by molar-refractivity contribution is 7.92. The third-order valence-corrected chi connectivity index (χ3v) is 6.46. The number of ether oxygens (including phenoxy) is 1. The lowest BCUT2D eigenvalue weighted by Crippen LogP contribution is -2.40. The van der Waals surface area contributed by atoms with Gasteiger partial charge < -0.3 is 9.64 Å². The van der Waals surface area contributed by atoms with Crippen LogP contribution in [-0.4, -0.2) is 41.3 Å². The van der Waals surface area contributed by atoms with Gasteiger partial charge >= 0.3 is 6.09 Å². The highest BCUT2D eigenvalue weighted by atomic mass is 32.2. The van der Waals surface area contributed by atoms with Crippen molar-refractivity contribution in [1.29, 1.82) is 0 Å². The van der Waals surface area contributed by atoms with Crippen LogP contribution in [-0.2, 0) is 40.2 Å². The standard InChI is InChI=1S/C22H32N4O4S/c1-21(2,3)15-8-10-16(11-9-15)31(28,29)24-19-17-14-26(20(27)30-22(4,5)6)13-12-18(17)23-25(19)7/h8-11,24H,12-14H2,1-7H3. The highest BCUT2D eigenvalue weighted by Gasteiger charge is 2.31. The molecule has 0 aliphatic carbocycles. The van der Waals surface area contributed by atoms with Crippen LogP contribution in [0.3, 0.4) is 0 Å². The molecule has 2 heterocycles. The summed E-state index contributed by atoms with van der Waals surface area (Å²) in [6.07, 6.45) is 0.110. The number of hydrogen-bond donors (Lipinski definition) is 1. The lowest BCUT2D eigenvalue weighted by molar-refractivity contribution is 0.0224. The van der Waals surface area contributed by atoms with Gasteiger partial charge in [-0.1, -0.05) is 32.9 Å². The summed E-state index contributed by atoms with van der Waals surface area (Å²) in [7, 11) is -2.12. The van der Waals surface area contributed by atoms with Gasteiger partial charge in [0.2, 0.25) is 0 Å². The van der Waals surface area contributed by atoms with E-state index in [-0.39, 0.29) is 16.9 Å². The second-order valence-corrected chi connectivity index (χ2v) is 11.6. The van der Waals surface area contributed by atoms with Crippen LogP contribution in [0.15, 0.2) is 29.2 Å². The smallest absolute Gasteiger partial charge is 0.410 e. The van der Waals surface area contributed by atoms with Crippen molar-refractivity contribution >= 4 is 21.9 Å². The number of nitrogens with zero attached hydrogens (tertiary/aromatic N) is 3. The maximum absolute atomic E-state index is 13.0. The number of benzene rings is 1. The minimum absolute atomic E-state index is 0.0675. The highest BCUT2D eigenvalue weighted by Crippen LogP contribution is 2.29. The molecule has 1 aliphatic rings. The van der Waals surface area contributed by atoms with E-state index in [4.69, 9.17) is 4.74 Å². The summed E-state index contributed by atoms with van der Waals surface area (Å²) >= 11 is 0. The Labute approximate surface area is 184 Å². The van der Waals surface area contributed by atoms with Crippen LogP contribution in [0.2, 0.25) is 0 Å². The van der Waals surface area contributed by atoms with E-state index in [9.17, 15) is 13.2 Å². The maximum Gasteiger partial charge on any atom is 0.410 e. The third-order valence-electron chi connectivity index (χ3n) is 5.11. The van der Waals surface area contributed by atoms with Crippen molar-refractivity contribution < 1.29 is 17.9 Å². The Balaban J connectivity index is 1.85. The second kappa shape index (κ2) is 7.85. The van der Waals surface area contributed by atoms with Gasteiger partial charge in [-0.05, 0) is 43.9 Å². The number of carbonyl (C=O) groups is 1. The molecule has 0 saturated heterocycles. The molecule has 1 amide bonds. The predicted molar refractivity (Wildman–Crippen MR) is 120 cm³/mol. The molecule has 1 N–H and O–H groups in total. The van der Waals surface area contributed by atoms with Gasteiger partial charge in [-0.25, -0.2) is 13.2 Å². The predicted octanol–water partition coefficient (Wildman–Crippen LogP) is 3.81. The second-order valence-electron chi connectivity index (χ2n) is 9.93. The van der Waals surface area contributed by atoms with Gasteiger partial charge in [0.15, 0.2) is 0 Å². The monoisotopic (exact) mass is 448 g/mol. The molecule has 170 valence electrons. The molecular formula is C22H32N4O4S. The van der Waals surface area contributed by atoms with Gasteiger partial charge in [-0.2, -0.15) is 5.10 Å². The molecule has 0 bridgehead atoms. The van der Waals surface area contributed by atoms with Crippen LogP contribution < -0.4 is 4.72 Å². The third kappa shape index (κ3) is 5.20. The number of sulfonamides is 1. The van der Waals surface area contributed by atoms with Crippen molar-refractivity contribution in [3.63, 3.8) is 0 Å². The minimum Gasteiger partial charge on any atom is -0.444 e. The first kappa shape index (κ1) is 23.1. The van der Waals surface area contributed by atoms with E-state index in [0.717, 1.165) is 11.3 Å². The van der Waals surface area contributed by atoms with Crippen molar-refractivity contribution in [2.45, 2.75) is 70.4 Å². The number of carbonyl (C=O) groups excluding carboxylic acids is 1. The summed E-state index contributed by atoms with van der Waals surface area (Å²) in [5, 5.41) is 4.45. The average molecular weight is 449 g/mol. The largest absolute Gasteiger partial charge is 0.444 e. The summed E-state index contributed by atoms with van der Waals surface area (Å²) in [4.78, 5) is 14.2. The van der Waals surface area contributed by atoms with E-state index in [1.807, 2.05) is 32.9 Å². The fourth-order valence-corrected chi connectivity index (χ4v) is 4.55. The maximum atomic E-state index is 13.0. The van der Waals surface area contributed by atoms with Crippen LogP contribution in [0, 0.1) is 0 Å². The zero-order chi connectivity index (χ0) is 23.2. The molecule has 3 rings (SSSR count). The zero-order valence-corrected chi connectivity index (χ0v) is 20.1.